The molecule has 0 aliphatic carbocycles. The third kappa shape index (κ3) is 2.80. The lowest BCUT2D eigenvalue weighted by molar-refractivity contribution is -0.170. The van der Waals surface area contributed by atoms with Crippen LogP contribution in [-0.2, 0) is 9.59 Å². The summed E-state index contributed by atoms with van der Waals surface area (Å²) in [6, 6.07) is 6.12. The molecule has 1 aliphatic rings. The molecule has 0 aromatic heterocycles. The highest BCUT2D eigenvalue weighted by Crippen LogP contribution is 2.37. The highest BCUT2D eigenvalue weighted by Gasteiger charge is 2.46. The quantitative estimate of drug-likeness (QED) is 0.800. The smallest absolute Gasteiger partial charge is 0.313 e. The van der Waals surface area contributed by atoms with Gasteiger partial charge >= 0.3 is 12.1 Å². The van der Waals surface area contributed by atoms with E-state index in [1.165, 1.54) is 24.1 Å². The molecule has 0 saturated heterocycles. The van der Waals surface area contributed by atoms with Crippen LogP contribution in [0.4, 0.5) is 24.5 Å². The zero-order valence-corrected chi connectivity index (χ0v) is 12.5. The van der Waals surface area contributed by atoms with Gasteiger partial charge in [0.15, 0.2) is 0 Å². The zero-order valence-electron chi connectivity index (χ0n) is 12.5. The summed E-state index contributed by atoms with van der Waals surface area (Å²) in [5, 5.41) is 0. The molecule has 0 saturated carbocycles. The van der Waals surface area contributed by atoms with Crippen molar-refractivity contribution in [1.29, 1.82) is 0 Å². The Labute approximate surface area is 126 Å². The number of benzene rings is 1. The molecule has 22 heavy (non-hydrogen) atoms. The molecule has 2 amide bonds. The topological polar surface area (TPSA) is 40.6 Å². The molecular weight excluding hydrogens is 297 g/mol. The number of anilines is 2. The van der Waals surface area contributed by atoms with E-state index in [1.807, 2.05) is 0 Å². The van der Waals surface area contributed by atoms with Crippen molar-refractivity contribution in [2.75, 3.05) is 23.4 Å². The summed E-state index contributed by atoms with van der Waals surface area (Å²) in [5.41, 5.74) is 0.400. The predicted molar refractivity (Wildman–Crippen MR) is 76.6 cm³/mol. The average molecular weight is 314 g/mol. The molecule has 0 N–H and O–H groups in total. The fourth-order valence-electron chi connectivity index (χ4n) is 2.56. The number of para-hydroxylation sites is 2. The maximum absolute atomic E-state index is 12.9. The lowest BCUT2D eigenvalue weighted by atomic mass is 9.94. The summed E-state index contributed by atoms with van der Waals surface area (Å²) >= 11 is 0. The first-order chi connectivity index (χ1) is 10.1. The number of carbonyl (C=O) groups is 2. The molecule has 1 aromatic rings. The van der Waals surface area contributed by atoms with Gasteiger partial charge in [0.25, 0.3) is 0 Å². The van der Waals surface area contributed by atoms with Gasteiger partial charge in [-0.2, -0.15) is 13.2 Å². The minimum Gasteiger partial charge on any atom is -0.313 e. The average Bonchev–Trinajstić information content (AvgIpc) is 2.55. The van der Waals surface area contributed by atoms with Crippen molar-refractivity contribution in [3.05, 3.63) is 24.3 Å². The Morgan fingerprint density at radius 2 is 1.77 bits per heavy atom. The molecule has 1 atom stereocenters. The second-order valence-electron chi connectivity index (χ2n) is 5.65. The number of fused-ring (bicyclic) bond motifs is 1. The van der Waals surface area contributed by atoms with Crippen molar-refractivity contribution in [3.8, 4) is 0 Å². The van der Waals surface area contributed by atoms with Crippen molar-refractivity contribution in [1.82, 2.24) is 0 Å². The van der Waals surface area contributed by atoms with E-state index in [0.29, 0.717) is 10.6 Å². The SMILES string of the molecule is CC(C)[C@H]1CN(C(=O)C(F)(F)F)c2ccccc2N(C)C1=O. The minimum absolute atomic E-state index is 0.101. The molecule has 0 radical (unpaired) electrons. The van der Waals surface area contributed by atoms with Crippen LogP contribution in [-0.4, -0.2) is 31.6 Å². The summed E-state index contributed by atoms with van der Waals surface area (Å²) in [7, 11) is 1.51. The van der Waals surface area contributed by atoms with E-state index in [1.54, 1.807) is 26.0 Å². The molecule has 1 heterocycles. The van der Waals surface area contributed by atoms with E-state index in [2.05, 4.69) is 0 Å². The zero-order chi connectivity index (χ0) is 16.7. The van der Waals surface area contributed by atoms with Crippen LogP contribution in [0.1, 0.15) is 13.8 Å². The standard InChI is InChI=1S/C15H17F3N2O2/c1-9(2)10-8-20(14(22)15(16,17)18)12-7-5-4-6-11(12)19(3)13(10)21/h4-7,9-10H,8H2,1-3H3/t10-/m1/s1. The van der Waals surface area contributed by atoms with Gasteiger partial charge in [-0.3, -0.25) is 9.59 Å². The maximum atomic E-state index is 12.9. The first-order valence-corrected chi connectivity index (χ1v) is 6.90. The van der Waals surface area contributed by atoms with Crippen molar-refractivity contribution in [2.45, 2.75) is 20.0 Å². The van der Waals surface area contributed by atoms with Gasteiger partial charge in [-0.05, 0) is 18.1 Å². The van der Waals surface area contributed by atoms with Crippen LogP contribution in [0.15, 0.2) is 24.3 Å². The molecule has 0 unspecified atom stereocenters. The van der Waals surface area contributed by atoms with Gasteiger partial charge < -0.3 is 9.80 Å². The number of rotatable bonds is 1. The van der Waals surface area contributed by atoms with E-state index < -0.39 is 18.0 Å². The van der Waals surface area contributed by atoms with Crippen LogP contribution in [0, 0.1) is 11.8 Å². The highest BCUT2D eigenvalue weighted by molar-refractivity contribution is 6.07. The molecule has 1 aliphatic heterocycles. The van der Waals surface area contributed by atoms with Crippen LogP contribution >= 0.6 is 0 Å². The van der Waals surface area contributed by atoms with Crippen LogP contribution in [0.5, 0.6) is 0 Å². The van der Waals surface area contributed by atoms with Crippen molar-refractivity contribution >= 4 is 23.2 Å². The Balaban J connectivity index is 2.58. The van der Waals surface area contributed by atoms with Gasteiger partial charge in [0.05, 0.1) is 17.3 Å². The number of halogens is 3. The third-order valence-corrected chi connectivity index (χ3v) is 3.85. The normalized spacial score (nSPS) is 19.2. The Bertz CT molecular complexity index is 599. The summed E-state index contributed by atoms with van der Waals surface area (Å²) < 4.78 is 38.7. The van der Waals surface area contributed by atoms with E-state index in [9.17, 15) is 22.8 Å². The lowest BCUT2D eigenvalue weighted by Crippen LogP contribution is -2.45. The van der Waals surface area contributed by atoms with E-state index >= 15 is 0 Å². The third-order valence-electron chi connectivity index (χ3n) is 3.85. The molecule has 0 bridgehead atoms. The maximum Gasteiger partial charge on any atom is 0.471 e. The lowest BCUT2D eigenvalue weighted by Gasteiger charge is -2.26. The minimum atomic E-state index is -4.99. The molecular formula is C15H17F3N2O2. The van der Waals surface area contributed by atoms with E-state index in [0.717, 1.165) is 0 Å². The first-order valence-electron chi connectivity index (χ1n) is 6.90. The van der Waals surface area contributed by atoms with E-state index in [4.69, 9.17) is 0 Å². The molecule has 4 nitrogen and oxygen atoms in total. The molecule has 120 valence electrons. The van der Waals surface area contributed by atoms with Crippen LogP contribution in [0.3, 0.4) is 0 Å². The summed E-state index contributed by atoms with van der Waals surface area (Å²) in [5.74, 6) is -3.12. The predicted octanol–water partition coefficient (Wildman–Crippen LogP) is 2.83. The van der Waals surface area contributed by atoms with Gasteiger partial charge in [0.1, 0.15) is 0 Å². The highest BCUT2D eigenvalue weighted by atomic mass is 19.4. The summed E-state index contributed by atoms with van der Waals surface area (Å²) in [6.07, 6.45) is -4.99. The molecule has 7 heteroatoms. The van der Waals surface area contributed by atoms with Crippen molar-refractivity contribution < 1.29 is 22.8 Å². The van der Waals surface area contributed by atoms with Gasteiger partial charge in [-0.25, -0.2) is 0 Å². The Morgan fingerprint density at radius 1 is 1.23 bits per heavy atom. The Morgan fingerprint density at radius 3 is 2.27 bits per heavy atom. The van der Waals surface area contributed by atoms with Crippen LogP contribution < -0.4 is 9.80 Å². The Hall–Kier alpha value is -2.05. The van der Waals surface area contributed by atoms with E-state index in [-0.39, 0.29) is 24.1 Å². The molecule has 0 fully saturated rings. The fourth-order valence-corrected chi connectivity index (χ4v) is 2.56. The number of carbonyl (C=O) groups excluding carboxylic acids is 2. The van der Waals surface area contributed by atoms with Gasteiger partial charge in [0.2, 0.25) is 5.91 Å². The number of nitrogens with zero attached hydrogens (tertiary/aromatic N) is 2. The first kappa shape index (κ1) is 16.3. The number of hydrogen-bond acceptors (Lipinski definition) is 2. The fraction of sp³-hybridized carbons (Fsp3) is 0.467. The van der Waals surface area contributed by atoms with Crippen LogP contribution in [0.2, 0.25) is 0 Å². The molecule has 1 aromatic carbocycles. The van der Waals surface area contributed by atoms with Crippen LogP contribution in [0.25, 0.3) is 0 Å². The number of amides is 2. The second-order valence-corrected chi connectivity index (χ2v) is 5.65. The largest absolute Gasteiger partial charge is 0.471 e. The van der Waals surface area contributed by atoms with Crippen molar-refractivity contribution in [2.24, 2.45) is 11.8 Å². The number of alkyl halides is 3. The molecule has 0 spiro atoms. The summed E-state index contributed by atoms with van der Waals surface area (Å²) in [6.45, 7) is 3.22. The molecule has 2 rings (SSSR count). The van der Waals surface area contributed by atoms with Gasteiger partial charge in [0, 0.05) is 13.6 Å². The van der Waals surface area contributed by atoms with Crippen molar-refractivity contribution in [3.63, 3.8) is 0 Å². The number of hydrogen-bond donors (Lipinski definition) is 0. The monoisotopic (exact) mass is 314 g/mol. The van der Waals surface area contributed by atoms with Gasteiger partial charge in [-0.1, -0.05) is 26.0 Å². The second kappa shape index (κ2) is 5.62. The Kier molecular flexibility index (Phi) is 4.17. The summed E-state index contributed by atoms with van der Waals surface area (Å²) in [4.78, 5) is 26.3. The van der Waals surface area contributed by atoms with Gasteiger partial charge in [-0.15, -0.1) is 0 Å².